The van der Waals surface area contributed by atoms with Crippen molar-refractivity contribution in [1.82, 2.24) is 0 Å². The molecular formula is C26H50O7. The van der Waals surface area contributed by atoms with E-state index in [4.69, 9.17) is 14.6 Å². The molecule has 7 heteroatoms. The number of carboxylic acids is 1. The van der Waals surface area contributed by atoms with Crippen LogP contribution < -0.4 is 0 Å². The van der Waals surface area contributed by atoms with Gasteiger partial charge in [-0.25, -0.2) is 0 Å². The van der Waals surface area contributed by atoms with Crippen molar-refractivity contribution < 1.29 is 34.7 Å². The Morgan fingerprint density at radius 1 is 0.848 bits per heavy atom. The maximum absolute atomic E-state index is 10.5. The molecule has 7 nitrogen and oxygen atoms in total. The van der Waals surface area contributed by atoms with Gasteiger partial charge in [-0.15, -0.1) is 0 Å². The molecule has 1 heterocycles. The van der Waals surface area contributed by atoms with Crippen LogP contribution in [0.1, 0.15) is 123 Å². The molecule has 1 rings (SSSR count). The standard InChI is InChI=1S/C26H50O7/c1-20(32-26-24(29)19-23(28)21(2)33-26)16-14-12-10-8-6-4-3-5-7-9-11-13-15-17-22(27)18-25(30)31/h20-24,26-29H,3-19H2,1-2H3,(H,30,31)/t20-,21+,22-,23-,24-,26-/m1/s1. The second-order valence-electron chi connectivity index (χ2n) is 9.95. The zero-order valence-electron chi connectivity index (χ0n) is 21.0. The predicted molar refractivity (Wildman–Crippen MR) is 129 cm³/mol. The Morgan fingerprint density at radius 3 is 1.79 bits per heavy atom. The first-order chi connectivity index (χ1) is 15.8. The summed E-state index contributed by atoms with van der Waals surface area (Å²) in [7, 11) is 0. The highest BCUT2D eigenvalue weighted by Gasteiger charge is 2.35. The molecule has 0 radical (unpaired) electrons. The number of rotatable bonds is 20. The number of hydrogen-bond acceptors (Lipinski definition) is 6. The van der Waals surface area contributed by atoms with Crippen molar-refractivity contribution in [1.29, 1.82) is 0 Å². The van der Waals surface area contributed by atoms with Crippen molar-refractivity contribution in [2.45, 2.75) is 160 Å². The number of aliphatic carboxylic acids is 1. The number of aliphatic hydroxyl groups excluding tert-OH is 3. The second-order valence-corrected chi connectivity index (χ2v) is 9.95. The number of carboxylic acid groups (broad SMARTS) is 1. The summed E-state index contributed by atoms with van der Waals surface area (Å²) in [5.41, 5.74) is 0. The Balaban J connectivity index is 1.83. The van der Waals surface area contributed by atoms with Crippen LogP contribution in [-0.2, 0) is 14.3 Å². The lowest BCUT2D eigenvalue weighted by atomic mass is 10.0. The van der Waals surface area contributed by atoms with Crippen molar-refractivity contribution in [3.63, 3.8) is 0 Å². The van der Waals surface area contributed by atoms with Gasteiger partial charge in [-0.1, -0.05) is 83.5 Å². The van der Waals surface area contributed by atoms with Crippen molar-refractivity contribution in [2.75, 3.05) is 0 Å². The highest BCUT2D eigenvalue weighted by molar-refractivity contribution is 5.67. The fraction of sp³-hybridized carbons (Fsp3) is 0.962. The van der Waals surface area contributed by atoms with Gasteiger partial charge in [0.05, 0.1) is 30.8 Å². The molecule has 0 saturated carbocycles. The van der Waals surface area contributed by atoms with E-state index in [9.17, 15) is 20.1 Å². The molecule has 0 amide bonds. The molecule has 1 aliphatic heterocycles. The van der Waals surface area contributed by atoms with Gasteiger partial charge in [0, 0.05) is 6.42 Å². The summed E-state index contributed by atoms with van der Waals surface area (Å²) in [6.45, 7) is 3.83. The van der Waals surface area contributed by atoms with E-state index in [0.717, 1.165) is 25.7 Å². The first kappa shape index (κ1) is 30.3. The van der Waals surface area contributed by atoms with Crippen LogP contribution in [0.15, 0.2) is 0 Å². The number of carbonyl (C=O) groups is 1. The third-order valence-electron chi connectivity index (χ3n) is 6.61. The van der Waals surface area contributed by atoms with Gasteiger partial charge in [-0.05, 0) is 26.7 Å². The van der Waals surface area contributed by atoms with E-state index >= 15 is 0 Å². The van der Waals surface area contributed by atoms with Gasteiger partial charge in [0.25, 0.3) is 0 Å². The zero-order chi connectivity index (χ0) is 24.5. The van der Waals surface area contributed by atoms with E-state index in [1.807, 2.05) is 6.92 Å². The molecule has 6 atom stereocenters. The molecule has 0 bridgehead atoms. The molecule has 0 unspecified atom stereocenters. The Labute approximate surface area is 200 Å². The van der Waals surface area contributed by atoms with Crippen molar-refractivity contribution in [2.24, 2.45) is 0 Å². The van der Waals surface area contributed by atoms with E-state index in [-0.39, 0.29) is 18.6 Å². The molecule has 196 valence electrons. The molecule has 1 fully saturated rings. The van der Waals surface area contributed by atoms with Gasteiger partial charge in [0.15, 0.2) is 6.29 Å². The average molecular weight is 475 g/mol. The van der Waals surface area contributed by atoms with Gasteiger partial charge in [-0.3, -0.25) is 4.79 Å². The smallest absolute Gasteiger partial charge is 0.305 e. The maximum atomic E-state index is 10.5. The van der Waals surface area contributed by atoms with Gasteiger partial charge in [0.1, 0.15) is 6.10 Å². The normalized spacial score (nSPS) is 25.1. The fourth-order valence-corrected chi connectivity index (χ4v) is 4.42. The number of unbranched alkanes of at least 4 members (excludes halogenated alkanes) is 12. The molecule has 1 saturated heterocycles. The van der Waals surface area contributed by atoms with Gasteiger partial charge in [0.2, 0.25) is 0 Å². The van der Waals surface area contributed by atoms with Gasteiger partial charge >= 0.3 is 5.97 Å². The van der Waals surface area contributed by atoms with Crippen LogP contribution >= 0.6 is 0 Å². The fourth-order valence-electron chi connectivity index (χ4n) is 4.42. The third-order valence-corrected chi connectivity index (χ3v) is 6.61. The summed E-state index contributed by atoms with van der Waals surface area (Å²) >= 11 is 0. The average Bonchev–Trinajstić information content (AvgIpc) is 2.74. The van der Waals surface area contributed by atoms with E-state index in [1.54, 1.807) is 6.92 Å². The van der Waals surface area contributed by atoms with E-state index in [2.05, 4.69) is 0 Å². The number of aliphatic hydroxyl groups is 3. The SMILES string of the molecule is C[C@H](CCCCCCCCCCCCCCC[C@@H](O)CC(=O)O)O[C@@H]1O[C@@H](C)[C@H](O)C[C@H]1O. The van der Waals surface area contributed by atoms with Crippen LogP contribution in [0.25, 0.3) is 0 Å². The topological polar surface area (TPSA) is 116 Å². The lowest BCUT2D eigenvalue weighted by Crippen LogP contribution is -2.48. The summed E-state index contributed by atoms with van der Waals surface area (Å²) in [4.78, 5) is 10.5. The molecular weight excluding hydrogens is 424 g/mol. The van der Waals surface area contributed by atoms with Gasteiger partial charge < -0.3 is 29.9 Å². The van der Waals surface area contributed by atoms with Crippen LogP contribution in [0.5, 0.6) is 0 Å². The van der Waals surface area contributed by atoms with E-state index in [0.29, 0.717) is 12.8 Å². The first-order valence-electron chi connectivity index (χ1n) is 13.4. The van der Waals surface area contributed by atoms with Crippen molar-refractivity contribution in [3.05, 3.63) is 0 Å². The maximum Gasteiger partial charge on any atom is 0.305 e. The van der Waals surface area contributed by atoms with Crippen molar-refractivity contribution in [3.8, 4) is 0 Å². The third kappa shape index (κ3) is 15.7. The van der Waals surface area contributed by atoms with E-state index < -0.39 is 30.6 Å². The van der Waals surface area contributed by atoms with Crippen LogP contribution in [-0.4, -0.2) is 63.2 Å². The molecule has 0 aromatic carbocycles. The summed E-state index contributed by atoms with van der Waals surface area (Å²) in [5.74, 6) is -0.925. The molecule has 0 spiro atoms. The van der Waals surface area contributed by atoms with Crippen LogP contribution in [0.2, 0.25) is 0 Å². The number of hydrogen-bond donors (Lipinski definition) is 4. The highest BCUT2D eigenvalue weighted by atomic mass is 16.7. The minimum atomic E-state index is -0.925. The van der Waals surface area contributed by atoms with E-state index in [1.165, 1.54) is 64.2 Å². The lowest BCUT2D eigenvalue weighted by Gasteiger charge is -2.36. The number of ether oxygens (including phenoxy) is 2. The Bertz CT molecular complexity index is 487. The minimum absolute atomic E-state index is 0.0434. The largest absolute Gasteiger partial charge is 0.481 e. The Morgan fingerprint density at radius 2 is 1.30 bits per heavy atom. The molecule has 0 aromatic heterocycles. The highest BCUT2D eigenvalue weighted by Crippen LogP contribution is 2.23. The monoisotopic (exact) mass is 474 g/mol. The summed E-state index contributed by atoms with van der Waals surface area (Å²) in [6, 6.07) is 0. The molecule has 1 aliphatic rings. The summed E-state index contributed by atoms with van der Waals surface area (Å²) in [6.07, 6.45) is 14.5. The second kappa shape index (κ2) is 18.6. The van der Waals surface area contributed by atoms with Gasteiger partial charge in [-0.2, -0.15) is 0 Å². The Kier molecular flexibility index (Phi) is 17.1. The predicted octanol–water partition coefficient (Wildman–Crippen LogP) is 4.94. The lowest BCUT2D eigenvalue weighted by molar-refractivity contribution is -0.273. The van der Waals surface area contributed by atoms with Crippen LogP contribution in [0.4, 0.5) is 0 Å². The van der Waals surface area contributed by atoms with Crippen LogP contribution in [0, 0.1) is 0 Å². The molecule has 0 aliphatic carbocycles. The zero-order valence-corrected chi connectivity index (χ0v) is 21.0. The quantitative estimate of drug-likeness (QED) is 0.185. The molecule has 4 N–H and O–H groups in total. The molecule has 0 aromatic rings. The van der Waals surface area contributed by atoms with Crippen LogP contribution in [0.3, 0.4) is 0 Å². The summed E-state index contributed by atoms with van der Waals surface area (Å²) in [5, 5.41) is 37.8. The minimum Gasteiger partial charge on any atom is -0.481 e. The summed E-state index contributed by atoms with van der Waals surface area (Å²) < 4.78 is 11.4. The Hall–Kier alpha value is -0.730. The molecule has 33 heavy (non-hydrogen) atoms. The first-order valence-corrected chi connectivity index (χ1v) is 13.4. The van der Waals surface area contributed by atoms with Crippen molar-refractivity contribution >= 4 is 5.97 Å².